The summed E-state index contributed by atoms with van der Waals surface area (Å²) >= 11 is 0. The van der Waals surface area contributed by atoms with E-state index in [1.165, 1.54) is 11.3 Å². The summed E-state index contributed by atoms with van der Waals surface area (Å²) in [7, 11) is 0. The molecule has 0 radical (unpaired) electrons. The van der Waals surface area contributed by atoms with E-state index < -0.39 is 0 Å². The molecule has 0 aromatic heterocycles. The highest BCUT2D eigenvalue weighted by molar-refractivity contribution is 5.55. The van der Waals surface area contributed by atoms with Crippen LogP contribution in [0.4, 0.5) is 5.69 Å². The number of rotatable bonds is 6. The third-order valence-corrected chi connectivity index (χ3v) is 2.94. The van der Waals surface area contributed by atoms with Gasteiger partial charge < -0.3 is 10.6 Å². The summed E-state index contributed by atoms with van der Waals surface area (Å²) in [4.78, 5) is 2.48. The minimum atomic E-state index is 0.0861. The number of hydrogen-bond donors (Lipinski definition) is 1. The van der Waals surface area contributed by atoms with E-state index in [-0.39, 0.29) is 6.04 Å². The lowest BCUT2D eigenvalue weighted by atomic mass is 10.0. The Kier molecular flexibility index (Phi) is 5.67. The predicted octanol–water partition coefficient (Wildman–Crippen LogP) is 3.82. The standard InChI is InChI=1S/C16H28N2/c1-12(2)10-18(11-13(3)4)16-9-7-6-8-15(16)14(5)17/h6-9,12-14H,10-11,17H2,1-5H3. The zero-order chi connectivity index (χ0) is 13.7. The summed E-state index contributed by atoms with van der Waals surface area (Å²) in [5.74, 6) is 1.31. The van der Waals surface area contributed by atoms with Crippen molar-refractivity contribution >= 4 is 5.69 Å². The molecule has 0 aliphatic carbocycles. The van der Waals surface area contributed by atoms with Crippen molar-refractivity contribution in [2.24, 2.45) is 17.6 Å². The number of para-hydroxylation sites is 1. The molecular formula is C16H28N2. The van der Waals surface area contributed by atoms with Crippen molar-refractivity contribution in [3.8, 4) is 0 Å². The highest BCUT2D eigenvalue weighted by atomic mass is 15.1. The monoisotopic (exact) mass is 248 g/mol. The molecule has 0 spiro atoms. The van der Waals surface area contributed by atoms with Crippen LogP contribution in [-0.4, -0.2) is 13.1 Å². The molecule has 1 aromatic carbocycles. The first-order valence-corrected chi connectivity index (χ1v) is 7.01. The van der Waals surface area contributed by atoms with E-state index >= 15 is 0 Å². The Labute approximate surface area is 112 Å². The SMILES string of the molecule is CC(C)CN(CC(C)C)c1ccccc1C(C)N. The number of nitrogens with two attached hydrogens (primary N) is 1. The fourth-order valence-corrected chi connectivity index (χ4v) is 2.31. The van der Waals surface area contributed by atoms with E-state index in [1.54, 1.807) is 0 Å². The number of hydrogen-bond acceptors (Lipinski definition) is 2. The van der Waals surface area contributed by atoms with Gasteiger partial charge in [-0.25, -0.2) is 0 Å². The van der Waals surface area contributed by atoms with Gasteiger partial charge in [0.15, 0.2) is 0 Å². The average molecular weight is 248 g/mol. The smallest absolute Gasteiger partial charge is 0.0414 e. The minimum absolute atomic E-state index is 0.0861. The fourth-order valence-electron chi connectivity index (χ4n) is 2.31. The minimum Gasteiger partial charge on any atom is -0.371 e. The topological polar surface area (TPSA) is 29.3 Å². The zero-order valence-corrected chi connectivity index (χ0v) is 12.5. The maximum atomic E-state index is 6.09. The number of anilines is 1. The van der Waals surface area contributed by atoms with E-state index in [9.17, 15) is 0 Å². The predicted molar refractivity (Wildman–Crippen MR) is 80.9 cm³/mol. The molecule has 0 fully saturated rings. The Hall–Kier alpha value is -1.02. The Bertz CT molecular complexity index is 346. The van der Waals surface area contributed by atoms with Gasteiger partial charge in [-0.3, -0.25) is 0 Å². The Balaban J connectivity index is 3.03. The van der Waals surface area contributed by atoms with E-state index in [2.05, 4.69) is 63.8 Å². The van der Waals surface area contributed by atoms with Gasteiger partial charge in [-0.1, -0.05) is 45.9 Å². The van der Waals surface area contributed by atoms with Crippen LogP contribution in [0.2, 0.25) is 0 Å². The van der Waals surface area contributed by atoms with Gasteiger partial charge in [0.2, 0.25) is 0 Å². The maximum absolute atomic E-state index is 6.09. The summed E-state index contributed by atoms with van der Waals surface area (Å²) in [5.41, 5.74) is 8.64. The molecule has 0 saturated carbocycles. The Morgan fingerprint density at radius 2 is 1.44 bits per heavy atom. The molecule has 1 atom stereocenters. The van der Waals surface area contributed by atoms with E-state index in [4.69, 9.17) is 5.73 Å². The lowest BCUT2D eigenvalue weighted by molar-refractivity contribution is 0.550. The number of nitrogens with zero attached hydrogens (tertiary/aromatic N) is 1. The van der Waals surface area contributed by atoms with Gasteiger partial charge in [-0.2, -0.15) is 0 Å². The van der Waals surface area contributed by atoms with Gasteiger partial charge in [0, 0.05) is 24.8 Å². The molecule has 0 aliphatic rings. The molecular weight excluding hydrogens is 220 g/mol. The van der Waals surface area contributed by atoms with Crippen molar-refractivity contribution in [2.75, 3.05) is 18.0 Å². The van der Waals surface area contributed by atoms with Gasteiger partial charge in [-0.15, -0.1) is 0 Å². The summed E-state index contributed by atoms with van der Waals surface area (Å²) in [5, 5.41) is 0. The molecule has 1 unspecified atom stereocenters. The van der Waals surface area contributed by atoms with Crippen LogP contribution < -0.4 is 10.6 Å². The molecule has 0 bridgehead atoms. The van der Waals surface area contributed by atoms with E-state index in [0.717, 1.165) is 13.1 Å². The van der Waals surface area contributed by atoms with Gasteiger partial charge in [0.05, 0.1) is 0 Å². The Morgan fingerprint density at radius 1 is 0.944 bits per heavy atom. The van der Waals surface area contributed by atoms with Crippen LogP contribution in [0, 0.1) is 11.8 Å². The average Bonchev–Trinajstić information content (AvgIpc) is 2.26. The first-order chi connectivity index (χ1) is 8.41. The molecule has 1 aromatic rings. The molecule has 2 heteroatoms. The van der Waals surface area contributed by atoms with Crippen LogP contribution in [0.15, 0.2) is 24.3 Å². The normalized spacial score (nSPS) is 13.1. The lowest BCUT2D eigenvalue weighted by Crippen LogP contribution is -2.32. The second kappa shape index (κ2) is 6.79. The molecule has 2 nitrogen and oxygen atoms in total. The third kappa shape index (κ3) is 4.34. The molecule has 0 aliphatic heterocycles. The second-order valence-corrected chi connectivity index (χ2v) is 6.04. The number of benzene rings is 1. The van der Waals surface area contributed by atoms with Crippen molar-refractivity contribution in [3.63, 3.8) is 0 Å². The first kappa shape index (κ1) is 15.0. The summed E-state index contributed by atoms with van der Waals surface area (Å²) in [6.07, 6.45) is 0. The van der Waals surface area contributed by atoms with Crippen molar-refractivity contribution in [1.82, 2.24) is 0 Å². The zero-order valence-electron chi connectivity index (χ0n) is 12.5. The first-order valence-electron chi connectivity index (χ1n) is 7.01. The maximum Gasteiger partial charge on any atom is 0.0414 e. The Morgan fingerprint density at radius 3 is 1.89 bits per heavy atom. The molecule has 0 amide bonds. The molecule has 0 saturated heterocycles. The van der Waals surface area contributed by atoms with Crippen molar-refractivity contribution in [3.05, 3.63) is 29.8 Å². The summed E-state index contributed by atoms with van der Waals surface area (Å²) in [6, 6.07) is 8.61. The molecule has 1 rings (SSSR count). The van der Waals surface area contributed by atoms with Crippen LogP contribution in [0.5, 0.6) is 0 Å². The molecule has 102 valence electrons. The van der Waals surface area contributed by atoms with Gasteiger partial charge in [0.25, 0.3) is 0 Å². The summed E-state index contributed by atoms with van der Waals surface area (Å²) < 4.78 is 0. The molecule has 2 N–H and O–H groups in total. The van der Waals surface area contributed by atoms with Crippen LogP contribution in [0.25, 0.3) is 0 Å². The quantitative estimate of drug-likeness (QED) is 0.829. The van der Waals surface area contributed by atoms with Gasteiger partial charge >= 0.3 is 0 Å². The second-order valence-electron chi connectivity index (χ2n) is 6.04. The van der Waals surface area contributed by atoms with Crippen LogP contribution in [0.1, 0.15) is 46.2 Å². The largest absolute Gasteiger partial charge is 0.371 e. The highest BCUT2D eigenvalue weighted by Crippen LogP contribution is 2.26. The van der Waals surface area contributed by atoms with Crippen LogP contribution >= 0.6 is 0 Å². The summed E-state index contributed by atoms with van der Waals surface area (Å²) in [6.45, 7) is 13.3. The molecule has 0 heterocycles. The van der Waals surface area contributed by atoms with Crippen LogP contribution in [-0.2, 0) is 0 Å². The third-order valence-electron chi connectivity index (χ3n) is 2.94. The van der Waals surface area contributed by atoms with Crippen molar-refractivity contribution in [1.29, 1.82) is 0 Å². The van der Waals surface area contributed by atoms with Crippen molar-refractivity contribution in [2.45, 2.75) is 40.7 Å². The molecule has 18 heavy (non-hydrogen) atoms. The van der Waals surface area contributed by atoms with Gasteiger partial charge in [-0.05, 0) is 30.4 Å². The lowest BCUT2D eigenvalue weighted by Gasteiger charge is -2.31. The highest BCUT2D eigenvalue weighted by Gasteiger charge is 2.15. The van der Waals surface area contributed by atoms with Gasteiger partial charge in [0.1, 0.15) is 0 Å². The van der Waals surface area contributed by atoms with Crippen molar-refractivity contribution < 1.29 is 0 Å². The van der Waals surface area contributed by atoms with E-state index in [0.29, 0.717) is 11.8 Å². The van der Waals surface area contributed by atoms with Crippen LogP contribution in [0.3, 0.4) is 0 Å². The van der Waals surface area contributed by atoms with E-state index in [1.807, 2.05) is 0 Å². The fraction of sp³-hybridized carbons (Fsp3) is 0.625.